The molecule has 0 heterocycles. The molecule has 5 heteroatoms. The smallest absolute Gasteiger partial charge is 0.152 e. The molecule has 0 amide bonds. The standard InChI is InChI=1S/C13H20O4S/c1-4-9-17-12-7-5-11(6-8-12)13(14)10(2)18(3,15)16/h5-8,10,13-14H,4,9H2,1-3H3. The highest BCUT2D eigenvalue weighted by atomic mass is 32.2. The van der Waals surface area contributed by atoms with Crippen LogP contribution in [-0.4, -0.2) is 31.6 Å². The van der Waals surface area contributed by atoms with Crippen molar-refractivity contribution in [1.29, 1.82) is 0 Å². The molecule has 2 unspecified atom stereocenters. The number of sulfone groups is 1. The number of benzene rings is 1. The SMILES string of the molecule is CCCOc1ccc(C(O)C(C)S(C)(=O)=O)cc1. The number of rotatable bonds is 6. The van der Waals surface area contributed by atoms with E-state index >= 15 is 0 Å². The lowest BCUT2D eigenvalue weighted by Crippen LogP contribution is -2.24. The van der Waals surface area contributed by atoms with Gasteiger partial charge < -0.3 is 9.84 Å². The summed E-state index contributed by atoms with van der Waals surface area (Å²) in [6.07, 6.45) is 1.04. The highest BCUT2D eigenvalue weighted by Crippen LogP contribution is 2.23. The second-order valence-electron chi connectivity index (χ2n) is 4.40. The number of hydrogen-bond donors (Lipinski definition) is 1. The fourth-order valence-corrected chi connectivity index (χ4v) is 2.11. The maximum Gasteiger partial charge on any atom is 0.152 e. The van der Waals surface area contributed by atoms with Gasteiger partial charge in [0.2, 0.25) is 0 Å². The molecule has 0 aliphatic rings. The van der Waals surface area contributed by atoms with Gasteiger partial charge in [0, 0.05) is 6.26 Å². The van der Waals surface area contributed by atoms with Gasteiger partial charge in [0.05, 0.1) is 18.0 Å². The van der Waals surface area contributed by atoms with Crippen LogP contribution in [0.3, 0.4) is 0 Å². The number of ether oxygens (including phenoxy) is 1. The maximum atomic E-state index is 11.4. The van der Waals surface area contributed by atoms with Gasteiger partial charge in [-0.2, -0.15) is 0 Å². The topological polar surface area (TPSA) is 63.6 Å². The highest BCUT2D eigenvalue weighted by Gasteiger charge is 2.25. The normalized spacial score (nSPS) is 15.1. The summed E-state index contributed by atoms with van der Waals surface area (Å²) in [5.41, 5.74) is 0.580. The minimum absolute atomic E-state index is 0.580. The van der Waals surface area contributed by atoms with E-state index < -0.39 is 21.2 Å². The molecule has 0 aliphatic heterocycles. The average Bonchev–Trinajstić information content (AvgIpc) is 2.34. The molecule has 0 fully saturated rings. The van der Waals surface area contributed by atoms with Gasteiger partial charge in [-0.1, -0.05) is 19.1 Å². The molecule has 1 aromatic rings. The fraction of sp³-hybridized carbons (Fsp3) is 0.538. The molecule has 0 saturated carbocycles. The van der Waals surface area contributed by atoms with Crippen molar-refractivity contribution in [3.05, 3.63) is 29.8 Å². The molecule has 102 valence electrons. The first kappa shape index (κ1) is 15.0. The van der Waals surface area contributed by atoms with E-state index in [4.69, 9.17) is 4.74 Å². The second kappa shape index (κ2) is 6.20. The molecule has 4 nitrogen and oxygen atoms in total. The van der Waals surface area contributed by atoms with Crippen LogP contribution in [-0.2, 0) is 9.84 Å². The maximum absolute atomic E-state index is 11.4. The first-order valence-electron chi connectivity index (χ1n) is 5.96. The predicted molar refractivity (Wildman–Crippen MR) is 71.5 cm³/mol. The van der Waals surface area contributed by atoms with Crippen molar-refractivity contribution in [3.8, 4) is 5.75 Å². The molecule has 0 aromatic heterocycles. The van der Waals surface area contributed by atoms with Gasteiger partial charge in [-0.15, -0.1) is 0 Å². The molecule has 2 atom stereocenters. The van der Waals surface area contributed by atoms with E-state index in [0.717, 1.165) is 18.4 Å². The molecule has 0 radical (unpaired) electrons. The molecule has 0 aliphatic carbocycles. The number of aliphatic hydroxyl groups excluding tert-OH is 1. The van der Waals surface area contributed by atoms with Crippen LogP contribution in [0, 0.1) is 0 Å². The van der Waals surface area contributed by atoms with Crippen LogP contribution in [0.5, 0.6) is 5.75 Å². The Morgan fingerprint density at radius 2 is 1.83 bits per heavy atom. The van der Waals surface area contributed by atoms with Gasteiger partial charge in [0.15, 0.2) is 9.84 Å². The van der Waals surface area contributed by atoms with E-state index in [9.17, 15) is 13.5 Å². The van der Waals surface area contributed by atoms with E-state index in [1.807, 2.05) is 6.92 Å². The van der Waals surface area contributed by atoms with Crippen LogP contribution < -0.4 is 4.74 Å². The van der Waals surface area contributed by atoms with Crippen molar-refractivity contribution in [2.24, 2.45) is 0 Å². The summed E-state index contributed by atoms with van der Waals surface area (Å²) in [6, 6.07) is 6.86. The zero-order valence-electron chi connectivity index (χ0n) is 11.0. The Hall–Kier alpha value is -1.07. The average molecular weight is 272 g/mol. The minimum atomic E-state index is -3.26. The van der Waals surface area contributed by atoms with Crippen molar-refractivity contribution in [1.82, 2.24) is 0 Å². The first-order valence-corrected chi connectivity index (χ1v) is 7.91. The van der Waals surface area contributed by atoms with Gasteiger partial charge in [-0.05, 0) is 31.0 Å². The lowest BCUT2D eigenvalue weighted by molar-refractivity contribution is 0.176. The van der Waals surface area contributed by atoms with Crippen LogP contribution in [0.1, 0.15) is 31.9 Å². The Labute approximate surface area is 109 Å². The third-order valence-corrected chi connectivity index (χ3v) is 4.42. The van der Waals surface area contributed by atoms with Crippen molar-refractivity contribution in [3.63, 3.8) is 0 Å². The quantitative estimate of drug-likeness (QED) is 0.859. The Morgan fingerprint density at radius 3 is 2.28 bits per heavy atom. The predicted octanol–water partition coefficient (Wildman–Crippen LogP) is 1.94. The largest absolute Gasteiger partial charge is 0.494 e. The van der Waals surface area contributed by atoms with E-state index in [-0.39, 0.29) is 0 Å². The van der Waals surface area contributed by atoms with E-state index in [0.29, 0.717) is 12.2 Å². The third-order valence-electron chi connectivity index (χ3n) is 2.81. The molecule has 0 saturated heterocycles. The zero-order valence-corrected chi connectivity index (χ0v) is 11.8. The van der Waals surface area contributed by atoms with Gasteiger partial charge in [0.25, 0.3) is 0 Å². The monoisotopic (exact) mass is 272 g/mol. The van der Waals surface area contributed by atoms with Crippen LogP contribution in [0.25, 0.3) is 0 Å². The van der Waals surface area contributed by atoms with E-state index in [1.54, 1.807) is 24.3 Å². The minimum Gasteiger partial charge on any atom is -0.494 e. The molecule has 0 bridgehead atoms. The summed E-state index contributed by atoms with van der Waals surface area (Å²) >= 11 is 0. The number of hydrogen-bond acceptors (Lipinski definition) is 4. The second-order valence-corrected chi connectivity index (χ2v) is 6.80. The Morgan fingerprint density at radius 1 is 1.28 bits per heavy atom. The summed E-state index contributed by atoms with van der Waals surface area (Å²) in [4.78, 5) is 0. The van der Waals surface area contributed by atoms with E-state index in [2.05, 4.69) is 0 Å². The van der Waals surface area contributed by atoms with Crippen molar-refractivity contribution in [2.75, 3.05) is 12.9 Å². The Balaban J connectivity index is 2.79. The summed E-state index contributed by atoms with van der Waals surface area (Å²) in [5, 5.41) is 9.15. The first-order chi connectivity index (χ1) is 8.36. The lowest BCUT2D eigenvalue weighted by Gasteiger charge is -2.17. The van der Waals surface area contributed by atoms with Crippen molar-refractivity contribution >= 4 is 9.84 Å². The van der Waals surface area contributed by atoms with Crippen LogP contribution >= 0.6 is 0 Å². The lowest BCUT2D eigenvalue weighted by atomic mass is 10.1. The van der Waals surface area contributed by atoms with Crippen LogP contribution in [0.15, 0.2) is 24.3 Å². The molecule has 1 rings (SSSR count). The molecule has 1 N–H and O–H groups in total. The van der Waals surface area contributed by atoms with Gasteiger partial charge in [-0.3, -0.25) is 0 Å². The van der Waals surface area contributed by atoms with E-state index in [1.165, 1.54) is 6.92 Å². The van der Waals surface area contributed by atoms with Gasteiger partial charge in [-0.25, -0.2) is 8.42 Å². The van der Waals surface area contributed by atoms with Crippen molar-refractivity contribution < 1.29 is 18.3 Å². The summed E-state index contributed by atoms with van der Waals surface area (Å²) in [6.45, 7) is 4.16. The third kappa shape index (κ3) is 3.99. The number of aliphatic hydroxyl groups is 1. The van der Waals surface area contributed by atoms with Crippen LogP contribution in [0.2, 0.25) is 0 Å². The molecule has 1 aromatic carbocycles. The van der Waals surface area contributed by atoms with Crippen LogP contribution in [0.4, 0.5) is 0 Å². The van der Waals surface area contributed by atoms with Crippen molar-refractivity contribution in [2.45, 2.75) is 31.6 Å². The van der Waals surface area contributed by atoms with Gasteiger partial charge in [0.1, 0.15) is 5.75 Å². The zero-order chi connectivity index (χ0) is 13.8. The molecular formula is C13H20O4S. The summed E-state index contributed by atoms with van der Waals surface area (Å²) in [5.74, 6) is 0.722. The molecule has 0 spiro atoms. The Bertz CT molecular complexity index is 464. The summed E-state index contributed by atoms with van der Waals surface area (Å²) in [7, 11) is -3.26. The summed E-state index contributed by atoms with van der Waals surface area (Å²) < 4.78 is 28.2. The Kier molecular flexibility index (Phi) is 5.16. The fourth-order valence-electron chi connectivity index (χ4n) is 1.49. The molecule has 18 heavy (non-hydrogen) atoms. The van der Waals surface area contributed by atoms with Gasteiger partial charge >= 0.3 is 0 Å². The molecular weight excluding hydrogens is 252 g/mol. The highest BCUT2D eigenvalue weighted by molar-refractivity contribution is 7.91.